The fourth-order valence-corrected chi connectivity index (χ4v) is 3.01. The average Bonchev–Trinajstić information content (AvgIpc) is 2.70. The second-order valence-corrected chi connectivity index (χ2v) is 5.48. The molecule has 1 aliphatic carbocycles. The topological polar surface area (TPSA) is 12.9 Å². The third-order valence-corrected chi connectivity index (χ3v) is 4.55. The Morgan fingerprint density at radius 3 is 2.33 bits per heavy atom. The van der Waals surface area contributed by atoms with Crippen molar-refractivity contribution in [3.05, 3.63) is 51.3 Å². The summed E-state index contributed by atoms with van der Waals surface area (Å²) in [6.07, 6.45) is 1.00. The lowest BCUT2D eigenvalue weighted by Gasteiger charge is -2.11. The summed E-state index contributed by atoms with van der Waals surface area (Å²) in [5.74, 6) is 0. The van der Waals surface area contributed by atoms with Gasteiger partial charge in [-0.3, -0.25) is 4.98 Å². The Labute approximate surface area is 109 Å². The Morgan fingerprint density at radius 2 is 1.61 bits per heavy atom. The van der Waals surface area contributed by atoms with Crippen LogP contribution in [0.2, 0.25) is 0 Å². The Hall–Kier alpha value is -1.63. The molecule has 0 N–H and O–H groups in total. The SMILES string of the molecule is Cc1ccc2c(c1C)Cc1nc(C)c(C)c(C)c1-2. The van der Waals surface area contributed by atoms with Gasteiger partial charge in [0.25, 0.3) is 0 Å². The number of rotatable bonds is 0. The molecule has 0 atom stereocenters. The zero-order chi connectivity index (χ0) is 13.0. The van der Waals surface area contributed by atoms with Crippen LogP contribution < -0.4 is 0 Å². The van der Waals surface area contributed by atoms with Crippen LogP contribution in [-0.4, -0.2) is 4.98 Å². The standard InChI is InChI=1S/C17H19N/c1-9-6-7-14-15(10(9)2)8-16-17(14)12(4)11(3)13(5)18-16/h6-7H,8H2,1-5H3. The summed E-state index contributed by atoms with van der Waals surface area (Å²) in [7, 11) is 0. The lowest BCUT2D eigenvalue weighted by Crippen LogP contribution is -1.97. The van der Waals surface area contributed by atoms with Crippen LogP contribution in [-0.2, 0) is 6.42 Å². The van der Waals surface area contributed by atoms with E-state index >= 15 is 0 Å². The monoisotopic (exact) mass is 237 g/mol. The van der Waals surface area contributed by atoms with Gasteiger partial charge in [-0.15, -0.1) is 0 Å². The molecule has 0 unspecified atom stereocenters. The predicted octanol–water partition coefficient (Wildman–Crippen LogP) is 4.19. The van der Waals surface area contributed by atoms with Crippen LogP contribution in [0.3, 0.4) is 0 Å². The molecule has 3 rings (SSSR count). The quantitative estimate of drug-likeness (QED) is 0.571. The fraction of sp³-hybridized carbons (Fsp3) is 0.353. The van der Waals surface area contributed by atoms with Crippen molar-refractivity contribution >= 4 is 0 Å². The van der Waals surface area contributed by atoms with Crippen LogP contribution in [0.1, 0.15) is 39.2 Å². The van der Waals surface area contributed by atoms with Crippen LogP contribution in [0.5, 0.6) is 0 Å². The van der Waals surface area contributed by atoms with Gasteiger partial charge in [-0.05, 0) is 68.0 Å². The molecular weight excluding hydrogens is 218 g/mol. The largest absolute Gasteiger partial charge is 0.257 e. The van der Waals surface area contributed by atoms with Crippen molar-refractivity contribution < 1.29 is 0 Å². The van der Waals surface area contributed by atoms with E-state index in [2.05, 4.69) is 46.8 Å². The molecule has 0 radical (unpaired) electrons. The van der Waals surface area contributed by atoms with Crippen LogP contribution in [0, 0.1) is 34.6 Å². The van der Waals surface area contributed by atoms with E-state index in [1.807, 2.05) is 0 Å². The lowest BCUT2D eigenvalue weighted by atomic mass is 9.95. The van der Waals surface area contributed by atoms with E-state index in [4.69, 9.17) is 4.98 Å². The van der Waals surface area contributed by atoms with Gasteiger partial charge in [-0.1, -0.05) is 12.1 Å². The van der Waals surface area contributed by atoms with E-state index in [1.165, 1.54) is 50.3 Å². The van der Waals surface area contributed by atoms with Crippen molar-refractivity contribution in [1.82, 2.24) is 4.98 Å². The second-order valence-electron chi connectivity index (χ2n) is 5.48. The average molecular weight is 237 g/mol. The molecule has 1 aromatic heterocycles. The summed E-state index contributed by atoms with van der Waals surface area (Å²) in [4.78, 5) is 4.80. The molecule has 0 saturated heterocycles. The normalized spacial score (nSPS) is 12.5. The number of fused-ring (bicyclic) bond motifs is 3. The fourth-order valence-electron chi connectivity index (χ4n) is 3.01. The first-order valence-electron chi connectivity index (χ1n) is 6.57. The predicted molar refractivity (Wildman–Crippen MR) is 76.2 cm³/mol. The van der Waals surface area contributed by atoms with Crippen molar-refractivity contribution in [2.24, 2.45) is 0 Å². The Balaban J connectivity index is 2.35. The summed E-state index contributed by atoms with van der Waals surface area (Å²) in [5, 5.41) is 0. The Kier molecular flexibility index (Phi) is 2.34. The molecule has 0 bridgehead atoms. The lowest BCUT2D eigenvalue weighted by molar-refractivity contribution is 1.03. The Bertz CT molecular complexity index is 666. The van der Waals surface area contributed by atoms with Gasteiger partial charge in [-0.2, -0.15) is 0 Å². The molecule has 1 aliphatic rings. The van der Waals surface area contributed by atoms with Gasteiger partial charge in [0, 0.05) is 17.7 Å². The third kappa shape index (κ3) is 1.37. The highest BCUT2D eigenvalue weighted by Crippen LogP contribution is 2.41. The van der Waals surface area contributed by atoms with E-state index in [0.717, 1.165) is 6.42 Å². The maximum absolute atomic E-state index is 4.80. The van der Waals surface area contributed by atoms with Crippen LogP contribution in [0.4, 0.5) is 0 Å². The molecule has 0 saturated carbocycles. The molecule has 0 fully saturated rings. The summed E-state index contributed by atoms with van der Waals surface area (Å²) >= 11 is 0. The number of hydrogen-bond donors (Lipinski definition) is 0. The van der Waals surface area contributed by atoms with E-state index in [0.29, 0.717) is 0 Å². The minimum Gasteiger partial charge on any atom is -0.257 e. The van der Waals surface area contributed by atoms with Crippen molar-refractivity contribution in [1.29, 1.82) is 0 Å². The van der Waals surface area contributed by atoms with Crippen LogP contribution in [0.15, 0.2) is 12.1 Å². The van der Waals surface area contributed by atoms with Gasteiger partial charge in [-0.25, -0.2) is 0 Å². The molecule has 0 amide bonds. The molecule has 18 heavy (non-hydrogen) atoms. The molecule has 1 nitrogen and oxygen atoms in total. The van der Waals surface area contributed by atoms with Gasteiger partial charge >= 0.3 is 0 Å². The van der Waals surface area contributed by atoms with Crippen LogP contribution >= 0.6 is 0 Å². The summed E-state index contributed by atoms with van der Waals surface area (Å²) in [6.45, 7) is 10.9. The van der Waals surface area contributed by atoms with Crippen molar-refractivity contribution in [2.75, 3.05) is 0 Å². The maximum atomic E-state index is 4.80. The highest BCUT2D eigenvalue weighted by Gasteiger charge is 2.24. The first kappa shape index (κ1) is 11.5. The molecule has 0 spiro atoms. The zero-order valence-electron chi connectivity index (χ0n) is 11.8. The molecule has 1 aromatic carbocycles. The molecular formula is C17H19N. The van der Waals surface area contributed by atoms with E-state index in [-0.39, 0.29) is 0 Å². The smallest absolute Gasteiger partial charge is 0.0532 e. The van der Waals surface area contributed by atoms with Gasteiger partial charge in [0.1, 0.15) is 0 Å². The highest BCUT2D eigenvalue weighted by molar-refractivity contribution is 5.80. The van der Waals surface area contributed by atoms with Gasteiger partial charge in [0.2, 0.25) is 0 Å². The number of benzene rings is 1. The van der Waals surface area contributed by atoms with E-state index < -0.39 is 0 Å². The number of aromatic nitrogens is 1. The first-order valence-corrected chi connectivity index (χ1v) is 6.57. The third-order valence-electron chi connectivity index (χ3n) is 4.55. The molecule has 2 aromatic rings. The summed E-state index contributed by atoms with van der Waals surface area (Å²) < 4.78 is 0. The highest BCUT2D eigenvalue weighted by atomic mass is 14.7. The number of hydrogen-bond acceptors (Lipinski definition) is 1. The number of aryl methyl sites for hydroxylation is 2. The maximum Gasteiger partial charge on any atom is 0.0532 e. The number of nitrogens with zero attached hydrogens (tertiary/aromatic N) is 1. The van der Waals surface area contributed by atoms with Gasteiger partial charge in [0.05, 0.1) is 5.69 Å². The minimum absolute atomic E-state index is 1.00. The van der Waals surface area contributed by atoms with Crippen molar-refractivity contribution in [3.63, 3.8) is 0 Å². The summed E-state index contributed by atoms with van der Waals surface area (Å²) in [6, 6.07) is 4.50. The molecule has 1 heteroatoms. The van der Waals surface area contributed by atoms with Gasteiger partial charge < -0.3 is 0 Å². The second kappa shape index (κ2) is 3.68. The van der Waals surface area contributed by atoms with Crippen molar-refractivity contribution in [2.45, 2.75) is 41.0 Å². The first-order chi connectivity index (χ1) is 8.50. The minimum atomic E-state index is 1.00. The van der Waals surface area contributed by atoms with Crippen molar-refractivity contribution in [3.8, 4) is 11.1 Å². The molecule has 1 heterocycles. The van der Waals surface area contributed by atoms with Crippen LogP contribution in [0.25, 0.3) is 11.1 Å². The number of pyridine rings is 1. The van der Waals surface area contributed by atoms with E-state index in [1.54, 1.807) is 0 Å². The molecule has 0 aliphatic heterocycles. The molecule has 92 valence electrons. The van der Waals surface area contributed by atoms with E-state index in [9.17, 15) is 0 Å². The van der Waals surface area contributed by atoms with Gasteiger partial charge in [0.15, 0.2) is 0 Å². The Morgan fingerprint density at radius 1 is 0.889 bits per heavy atom. The zero-order valence-corrected chi connectivity index (χ0v) is 11.8. The summed E-state index contributed by atoms with van der Waals surface area (Å²) in [5.41, 5.74) is 12.3.